The van der Waals surface area contributed by atoms with Crippen LogP contribution >= 0.6 is 34.8 Å². The van der Waals surface area contributed by atoms with Crippen LogP contribution in [-0.2, 0) is 11.2 Å². The summed E-state index contributed by atoms with van der Waals surface area (Å²) in [6.45, 7) is 3.74. The van der Waals surface area contributed by atoms with E-state index in [0.717, 1.165) is 11.8 Å². The van der Waals surface area contributed by atoms with Crippen LogP contribution < -0.4 is 10.3 Å². The standard InChI is InChI=1S/C24H21Cl3FN5O3/c1-13-3-2-4-16(25)14(13)9-20(34)21-15(22(35)18(27)10-17(21)26)11-30-32-24-29-12-19(28)23(31-24)33-5-7-36-8-6-33/h2-4,10-12,35H,5-9H2,1H3,(H,29,31,32)/b30-11-. The van der Waals surface area contributed by atoms with Gasteiger partial charge in [0.25, 0.3) is 0 Å². The molecule has 1 aliphatic heterocycles. The van der Waals surface area contributed by atoms with E-state index in [-0.39, 0.29) is 45.1 Å². The quantitative estimate of drug-likeness (QED) is 0.233. The summed E-state index contributed by atoms with van der Waals surface area (Å²) in [4.78, 5) is 23.1. The molecule has 12 heteroatoms. The minimum absolute atomic E-state index is 0.00483. The second-order valence-corrected chi connectivity index (χ2v) is 9.17. The number of morpholine rings is 1. The van der Waals surface area contributed by atoms with E-state index in [1.807, 2.05) is 13.0 Å². The minimum Gasteiger partial charge on any atom is -0.506 e. The van der Waals surface area contributed by atoms with Crippen LogP contribution in [0, 0.1) is 12.7 Å². The third kappa shape index (κ3) is 5.70. The van der Waals surface area contributed by atoms with E-state index in [2.05, 4.69) is 20.5 Å². The second kappa shape index (κ2) is 11.4. The van der Waals surface area contributed by atoms with Crippen molar-refractivity contribution >= 4 is 58.6 Å². The summed E-state index contributed by atoms with van der Waals surface area (Å²) >= 11 is 18.7. The molecule has 188 valence electrons. The van der Waals surface area contributed by atoms with Crippen LogP contribution in [0.25, 0.3) is 0 Å². The number of phenols is 1. The summed E-state index contributed by atoms with van der Waals surface area (Å²) in [5.74, 6) is -1.21. The van der Waals surface area contributed by atoms with Gasteiger partial charge in [-0.3, -0.25) is 4.79 Å². The first-order chi connectivity index (χ1) is 17.3. The topological polar surface area (TPSA) is 99.9 Å². The fourth-order valence-electron chi connectivity index (χ4n) is 3.74. The number of hydrogen-bond acceptors (Lipinski definition) is 8. The molecular weight excluding hydrogens is 532 g/mol. The number of phenolic OH excluding ortho intramolecular Hbond substituents is 1. The minimum atomic E-state index is -0.576. The number of rotatable bonds is 7. The third-order valence-corrected chi connectivity index (χ3v) is 6.55. The maximum Gasteiger partial charge on any atom is 0.245 e. The molecule has 0 aliphatic carbocycles. The predicted octanol–water partition coefficient (Wildman–Crippen LogP) is 5.30. The number of anilines is 2. The average molecular weight is 553 g/mol. The van der Waals surface area contributed by atoms with Crippen LogP contribution in [0.15, 0.2) is 35.6 Å². The Morgan fingerprint density at radius 3 is 2.72 bits per heavy atom. The summed E-state index contributed by atoms with van der Waals surface area (Å²) in [5, 5.41) is 15.1. The summed E-state index contributed by atoms with van der Waals surface area (Å²) < 4.78 is 19.6. The number of carbonyl (C=O) groups is 1. The predicted molar refractivity (Wildman–Crippen MR) is 139 cm³/mol. The summed E-state index contributed by atoms with van der Waals surface area (Å²) in [7, 11) is 0. The molecule has 3 aromatic rings. The van der Waals surface area contributed by atoms with Gasteiger partial charge in [0.05, 0.1) is 41.2 Å². The van der Waals surface area contributed by atoms with Gasteiger partial charge in [-0.1, -0.05) is 46.9 Å². The Balaban J connectivity index is 1.61. The molecule has 4 rings (SSSR count). The molecule has 36 heavy (non-hydrogen) atoms. The van der Waals surface area contributed by atoms with Crippen LogP contribution in [-0.4, -0.2) is 53.4 Å². The van der Waals surface area contributed by atoms with Crippen LogP contribution in [0.1, 0.15) is 27.0 Å². The molecule has 1 saturated heterocycles. The number of hydrazone groups is 1. The van der Waals surface area contributed by atoms with E-state index in [0.29, 0.717) is 36.9 Å². The van der Waals surface area contributed by atoms with Gasteiger partial charge in [-0.2, -0.15) is 10.1 Å². The van der Waals surface area contributed by atoms with E-state index >= 15 is 0 Å². The van der Waals surface area contributed by atoms with Gasteiger partial charge in [0.1, 0.15) is 5.75 Å². The Labute approximate surface area is 221 Å². The van der Waals surface area contributed by atoms with E-state index in [9.17, 15) is 14.3 Å². The first kappa shape index (κ1) is 26.1. The number of aromatic nitrogens is 2. The zero-order valence-electron chi connectivity index (χ0n) is 19.1. The molecule has 8 nitrogen and oxygen atoms in total. The van der Waals surface area contributed by atoms with Crippen molar-refractivity contribution in [1.82, 2.24) is 9.97 Å². The number of hydrogen-bond donors (Lipinski definition) is 2. The molecule has 0 bridgehead atoms. The summed E-state index contributed by atoms with van der Waals surface area (Å²) in [6, 6.07) is 6.61. The molecule has 1 aliphatic rings. The van der Waals surface area contributed by atoms with Gasteiger partial charge in [-0.15, -0.1) is 0 Å². The number of aryl methyl sites for hydroxylation is 1. The Hall–Kier alpha value is -2.98. The molecule has 0 radical (unpaired) electrons. The first-order valence-electron chi connectivity index (χ1n) is 10.9. The van der Waals surface area contributed by atoms with Crippen LogP contribution in [0.4, 0.5) is 16.2 Å². The number of benzene rings is 2. The van der Waals surface area contributed by atoms with Crippen molar-refractivity contribution < 1.29 is 19.0 Å². The van der Waals surface area contributed by atoms with E-state index < -0.39 is 11.6 Å². The van der Waals surface area contributed by atoms with Crippen molar-refractivity contribution in [2.45, 2.75) is 13.3 Å². The zero-order chi connectivity index (χ0) is 25.8. The molecule has 0 saturated carbocycles. The number of nitrogens with one attached hydrogen (secondary N) is 1. The zero-order valence-corrected chi connectivity index (χ0v) is 21.3. The van der Waals surface area contributed by atoms with Gasteiger partial charge in [0.15, 0.2) is 17.4 Å². The largest absolute Gasteiger partial charge is 0.506 e. The van der Waals surface area contributed by atoms with Crippen LogP contribution in [0.3, 0.4) is 0 Å². The van der Waals surface area contributed by atoms with E-state index in [1.165, 1.54) is 12.3 Å². The highest BCUT2D eigenvalue weighted by atomic mass is 35.5. The van der Waals surface area contributed by atoms with Crippen molar-refractivity contribution in [3.8, 4) is 5.75 Å². The third-order valence-electron chi connectivity index (χ3n) is 5.61. The molecule has 1 aromatic heterocycles. The van der Waals surface area contributed by atoms with Crippen molar-refractivity contribution in [1.29, 1.82) is 0 Å². The SMILES string of the molecule is Cc1cccc(Cl)c1CC(=O)c1c(Cl)cc(Cl)c(O)c1/C=N\Nc1ncc(F)c(N2CCOCC2)n1. The summed E-state index contributed by atoms with van der Waals surface area (Å²) in [5.41, 5.74) is 4.11. The fraction of sp³-hybridized carbons (Fsp3) is 0.250. The lowest BCUT2D eigenvalue weighted by Crippen LogP contribution is -2.37. The maximum atomic E-state index is 14.3. The molecule has 0 amide bonds. The van der Waals surface area contributed by atoms with Crippen molar-refractivity contribution in [3.05, 3.63) is 73.6 Å². The average Bonchev–Trinajstić information content (AvgIpc) is 2.86. The molecule has 1 fully saturated rings. The van der Waals surface area contributed by atoms with Crippen LogP contribution in [0.5, 0.6) is 5.75 Å². The lowest BCUT2D eigenvalue weighted by molar-refractivity contribution is 0.0992. The number of ether oxygens (including phenoxy) is 1. The second-order valence-electron chi connectivity index (χ2n) is 7.95. The molecular formula is C24H21Cl3FN5O3. The lowest BCUT2D eigenvalue weighted by Gasteiger charge is -2.27. The van der Waals surface area contributed by atoms with Crippen LogP contribution in [0.2, 0.25) is 15.1 Å². The number of aromatic hydroxyl groups is 1. The molecule has 2 aromatic carbocycles. The first-order valence-corrected chi connectivity index (χ1v) is 12.0. The molecule has 0 atom stereocenters. The van der Waals surface area contributed by atoms with Crippen molar-refractivity contribution in [2.24, 2.45) is 5.10 Å². The number of Topliss-reactive ketones (excluding diaryl/α,β-unsaturated/α-hetero) is 1. The highest BCUT2D eigenvalue weighted by Gasteiger charge is 2.23. The van der Waals surface area contributed by atoms with Gasteiger partial charge in [0, 0.05) is 30.1 Å². The van der Waals surface area contributed by atoms with E-state index in [4.69, 9.17) is 39.5 Å². The fourth-order valence-corrected chi connectivity index (χ4v) is 4.61. The Kier molecular flexibility index (Phi) is 8.25. The highest BCUT2D eigenvalue weighted by Crippen LogP contribution is 2.35. The molecule has 2 heterocycles. The van der Waals surface area contributed by atoms with Gasteiger partial charge >= 0.3 is 0 Å². The van der Waals surface area contributed by atoms with Gasteiger partial charge < -0.3 is 14.7 Å². The number of halogens is 4. The lowest BCUT2D eigenvalue weighted by atomic mass is 9.96. The number of nitrogens with zero attached hydrogens (tertiary/aromatic N) is 4. The van der Waals surface area contributed by atoms with E-state index in [1.54, 1.807) is 17.0 Å². The number of ketones is 1. The molecule has 0 spiro atoms. The monoisotopic (exact) mass is 551 g/mol. The number of carbonyl (C=O) groups excluding carboxylic acids is 1. The summed E-state index contributed by atoms with van der Waals surface area (Å²) in [6.07, 6.45) is 2.16. The highest BCUT2D eigenvalue weighted by molar-refractivity contribution is 6.39. The van der Waals surface area contributed by atoms with Gasteiger partial charge in [0.2, 0.25) is 5.95 Å². The van der Waals surface area contributed by atoms with Crippen molar-refractivity contribution in [2.75, 3.05) is 36.6 Å². The smallest absolute Gasteiger partial charge is 0.245 e. The van der Waals surface area contributed by atoms with Crippen molar-refractivity contribution in [3.63, 3.8) is 0 Å². The van der Waals surface area contributed by atoms with Gasteiger partial charge in [-0.25, -0.2) is 14.8 Å². The molecule has 0 unspecified atom stereocenters. The Morgan fingerprint density at radius 2 is 2.00 bits per heavy atom. The van der Waals surface area contributed by atoms with Gasteiger partial charge in [-0.05, 0) is 30.2 Å². The molecule has 2 N–H and O–H groups in total. The Bertz CT molecular complexity index is 1310. The normalized spacial score (nSPS) is 13.9. The Morgan fingerprint density at radius 1 is 1.25 bits per heavy atom. The maximum absolute atomic E-state index is 14.3.